The zero-order valence-electron chi connectivity index (χ0n) is 18.6. The van der Waals surface area contributed by atoms with Crippen LogP contribution in [0, 0.1) is 6.92 Å². The van der Waals surface area contributed by atoms with Gasteiger partial charge in [0.05, 0.1) is 11.4 Å². The number of carbonyl (C=O) groups is 1. The summed E-state index contributed by atoms with van der Waals surface area (Å²) < 4.78 is 2.78. The summed E-state index contributed by atoms with van der Waals surface area (Å²) in [5.74, 6) is -0.254. The number of rotatable bonds is 5. The van der Waals surface area contributed by atoms with Crippen molar-refractivity contribution in [3.63, 3.8) is 0 Å². The van der Waals surface area contributed by atoms with Gasteiger partial charge in [0, 0.05) is 15.7 Å². The molecule has 0 spiro atoms. The maximum absolute atomic E-state index is 13.0. The maximum atomic E-state index is 13.0. The quantitative estimate of drug-likeness (QED) is 0.267. The Morgan fingerprint density at radius 3 is 2.06 bits per heavy atom. The molecular weight excluding hydrogens is 486 g/mol. The molecule has 0 saturated carbocycles. The number of anilines is 1. The van der Waals surface area contributed by atoms with E-state index in [-0.39, 0.29) is 5.91 Å². The Balaban J connectivity index is 1.52. The average Bonchev–Trinajstić information content (AvgIpc) is 3.32. The highest BCUT2D eigenvalue weighted by atomic mass is 79.9. The summed E-state index contributed by atoms with van der Waals surface area (Å²) in [4.78, 5) is 13.0. The van der Waals surface area contributed by atoms with E-state index in [1.807, 2.05) is 84.4 Å². The van der Waals surface area contributed by atoms with Crippen LogP contribution in [0.15, 0.2) is 114 Å². The Morgan fingerprint density at radius 1 is 0.765 bits per heavy atom. The van der Waals surface area contributed by atoms with Crippen molar-refractivity contribution in [3.05, 3.63) is 125 Å². The molecule has 1 N–H and O–H groups in total. The van der Waals surface area contributed by atoms with Crippen molar-refractivity contribution in [3.8, 4) is 28.1 Å². The van der Waals surface area contributed by atoms with E-state index in [0.29, 0.717) is 11.4 Å². The van der Waals surface area contributed by atoms with Gasteiger partial charge in [-0.3, -0.25) is 4.79 Å². The Kier molecular flexibility index (Phi) is 6.11. The van der Waals surface area contributed by atoms with Crippen LogP contribution in [0.25, 0.3) is 28.1 Å². The lowest BCUT2D eigenvalue weighted by Crippen LogP contribution is -2.13. The third-order valence-corrected chi connectivity index (χ3v) is 6.14. The van der Waals surface area contributed by atoms with Gasteiger partial charge in [0.1, 0.15) is 0 Å². The predicted octanol–water partition coefficient (Wildman–Crippen LogP) is 7.53. The van der Waals surface area contributed by atoms with Gasteiger partial charge in [-0.05, 0) is 60.5 Å². The summed E-state index contributed by atoms with van der Waals surface area (Å²) in [6, 6.07) is 36.0. The van der Waals surface area contributed by atoms with Crippen molar-refractivity contribution >= 4 is 27.5 Å². The van der Waals surface area contributed by atoms with Gasteiger partial charge in [-0.1, -0.05) is 88.2 Å². The van der Waals surface area contributed by atoms with Crippen LogP contribution in [0.2, 0.25) is 0 Å². The third kappa shape index (κ3) is 4.70. The van der Waals surface area contributed by atoms with Crippen LogP contribution in [0.3, 0.4) is 0 Å². The van der Waals surface area contributed by atoms with Gasteiger partial charge in [0.2, 0.25) is 0 Å². The number of hydrogen-bond donors (Lipinski definition) is 1. The molecule has 0 aliphatic heterocycles. The van der Waals surface area contributed by atoms with Crippen LogP contribution in [0.1, 0.15) is 16.1 Å². The minimum atomic E-state index is -0.254. The zero-order valence-corrected chi connectivity index (χ0v) is 20.2. The van der Waals surface area contributed by atoms with Crippen LogP contribution in [0.5, 0.6) is 0 Å². The first-order valence-corrected chi connectivity index (χ1v) is 11.8. The average molecular weight is 508 g/mol. The van der Waals surface area contributed by atoms with E-state index in [1.165, 1.54) is 0 Å². The summed E-state index contributed by atoms with van der Waals surface area (Å²) in [6.45, 7) is 2.05. The summed E-state index contributed by atoms with van der Waals surface area (Å²) in [5.41, 5.74) is 7.26. The molecule has 0 saturated heterocycles. The molecule has 34 heavy (non-hydrogen) atoms. The lowest BCUT2D eigenvalue weighted by molar-refractivity contribution is 0.102. The number of amides is 1. The molecule has 4 aromatic carbocycles. The molecule has 1 amide bonds. The minimum Gasteiger partial charge on any atom is -0.321 e. The monoisotopic (exact) mass is 507 g/mol. The second kappa shape index (κ2) is 9.49. The van der Waals surface area contributed by atoms with Gasteiger partial charge in [0.25, 0.3) is 5.91 Å². The first kappa shape index (κ1) is 21.9. The smallest absolute Gasteiger partial charge is 0.276 e. The van der Waals surface area contributed by atoms with Crippen molar-refractivity contribution in [1.82, 2.24) is 9.78 Å². The molecule has 0 fully saturated rings. The lowest BCUT2D eigenvalue weighted by atomic mass is 10.0. The predicted molar refractivity (Wildman–Crippen MR) is 141 cm³/mol. The lowest BCUT2D eigenvalue weighted by Gasteiger charge is -2.09. The van der Waals surface area contributed by atoms with E-state index in [4.69, 9.17) is 0 Å². The van der Waals surface area contributed by atoms with Crippen LogP contribution >= 0.6 is 15.9 Å². The standard InChI is InChI=1S/C29H22BrN3O/c1-20-7-17-26(18-8-20)33-28(23-11-9-22(10-12-23)21-5-3-2-4-6-21)19-27(32-33)29(34)31-25-15-13-24(30)14-16-25/h2-19H,1H3,(H,31,34). The molecule has 1 aromatic heterocycles. The van der Waals surface area contributed by atoms with Crippen LogP contribution in [-0.4, -0.2) is 15.7 Å². The molecule has 0 unspecified atom stereocenters. The van der Waals surface area contributed by atoms with Gasteiger partial charge >= 0.3 is 0 Å². The molecule has 5 rings (SSSR count). The fourth-order valence-corrected chi connectivity index (χ4v) is 4.04. The van der Waals surface area contributed by atoms with Gasteiger partial charge in [-0.2, -0.15) is 5.10 Å². The molecule has 166 valence electrons. The molecule has 4 nitrogen and oxygen atoms in total. The summed E-state index contributed by atoms with van der Waals surface area (Å²) in [7, 11) is 0. The Hall–Kier alpha value is -3.96. The Labute approximate surface area is 207 Å². The van der Waals surface area contributed by atoms with Crippen LogP contribution in [-0.2, 0) is 0 Å². The van der Waals surface area contributed by atoms with Crippen LogP contribution < -0.4 is 5.32 Å². The topological polar surface area (TPSA) is 46.9 Å². The van der Waals surface area contributed by atoms with E-state index in [9.17, 15) is 4.79 Å². The molecule has 0 bridgehead atoms. The zero-order chi connectivity index (χ0) is 23.5. The Morgan fingerprint density at radius 2 is 1.38 bits per heavy atom. The number of aryl methyl sites for hydroxylation is 1. The van der Waals surface area contributed by atoms with E-state index < -0.39 is 0 Å². The van der Waals surface area contributed by atoms with Crippen molar-refractivity contribution in [2.45, 2.75) is 6.92 Å². The van der Waals surface area contributed by atoms with E-state index in [1.54, 1.807) is 0 Å². The SMILES string of the molecule is Cc1ccc(-n2nc(C(=O)Nc3ccc(Br)cc3)cc2-c2ccc(-c3ccccc3)cc2)cc1. The molecule has 5 aromatic rings. The van der Waals surface area contributed by atoms with E-state index in [0.717, 1.165) is 38.1 Å². The van der Waals surface area contributed by atoms with Crippen molar-refractivity contribution in [2.75, 3.05) is 5.32 Å². The number of halogens is 1. The second-order valence-corrected chi connectivity index (χ2v) is 8.98. The highest BCUT2D eigenvalue weighted by Crippen LogP contribution is 2.28. The second-order valence-electron chi connectivity index (χ2n) is 8.07. The van der Waals surface area contributed by atoms with Crippen molar-refractivity contribution in [2.24, 2.45) is 0 Å². The molecular formula is C29H22BrN3O. The molecule has 0 radical (unpaired) electrons. The van der Waals surface area contributed by atoms with Gasteiger partial charge in [-0.15, -0.1) is 0 Å². The molecule has 1 heterocycles. The van der Waals surface area contributed by atoms with E-state index in [2.05, 4.69) is 62.7 Å². The number of aromatic nitrogens is 2. The van der Waals surface area contributed by atoms with Gasteiger partial charge in [-0.25, -0.2) is 4.68 Å². The first-order valence-electron chi connectivity index (χ1n) is 11.0. The summed E-state index contributed by atoms with van der Waals surface area (Å²) >= 11 is 3.42. The fraction of sp³-hybridized carbons (Fsp3) is 0.0345. The van der Waals surface area contributed by atoms with Crippen LogP contribution in [0.4, 0.5) is 5.69 Å². The number of hydrogen-bond acceptors (Lipinski definition) is 2. The number of nitrogens with zero attached hydrogens (tertiary/aromatic N) is 2. The number of benzene rings is 4. The maximum Gasteiger partial charge on any atom is 0.276 e. The van der Waals surface area contributed by atoms with Gasteiger partial charge in [0.15, 0.2) is 5.69 Å². The molecule has 0 aliphatic rings. The highest BCUT2D eigenvalue weighted by Gasteiger charge is 2.17. The summed E-state index contributed by atoms with van der Waals surface area (Å²) in [6.07, 6.45) is 0. The molecule has 0 aliphatic carbocycles. The largest absolute Gasteiger partial charge is 0.321 e. The van der Waals surface area contributed by atoms with Crippen molar-refractivity contribution in [1.29, 1.82) is 0 Å². The molecule has 0 atom stereocenters. The number of nitrogens with one attached hydrogen (secondary N) is 1. The third-order valence-electron chi connectivity index (χ3n) is 5.61. The summed E-state index contributed by atoms with van der Waals surface area (Å²) in [5, 5.41) is 7.61. The normalized spacial score (nSPS) is 10.8. The Bertz CT molecular complexity index is 1420. The fourth-order valence-electron chi connectivity index (χ4n) is 3.77. The van der Waals surface area contributed by atoms with Gasteiger partial charge < -0.3 is 5.32 Å². The molecule has 5 heteroatoms. The van der Waals surface area contributed by atoms with E-state index >= 15 is 0 Å². The number of carbonyl (C=O) groups excluding carboxylic acids is 1. The minimum absolute atomic E-state index is 0.254. The first-order chi connectivity index (χ1) is 16.6. The van der Waals surface area contributed by atoms with Crippen molar-refractivity contribution < 1.29 is 4.79 Å². The highest BCUT2D eigenvalue weighted by molar-refractivity contribution is 9.10.